The molecule has 0 heterocycles. The first-order chi connectivity index (χ1) is 8.63. The van der Waals surface area contributed by atoms with Gasteiger partial charge in [0.25, 0.3) is 0 Å². The van der Waals surface area contributed by atoms with E-state index < -0.39 is 0 Å². The van der Waals surface area contributed by atoms with Crippen molar-refractivity contribution in [3.8, 4) is 0 Å². The van der Waals surface area contributed by atoms with E-state index in [9.17, 15) is 4.79 Å². The Bertz CT molecular complexity index is 442. The van der Waals surface area contributed by atoms with Crippen molar-refractivity contribution in [3.63, 3.8) is 0 Å². The Hall–Kier alpha value is -0.530. The summed E-state index contributed by atoms with van der Waals surface area (Å²) >= 11 is 12.1. The lowest BCUT2D eigenvalue weighted by molar-refractivity contribution is 0.0820. The zero-order chi connectivity index (χ0) is 13.1. The van der Waals surface area contributed by atoms with E-state index in [0.29, 0.717) is 21.5 Å². The third kappa shape index (κ3) is 2.89. The standard InChI is InChI=1S/C15H18Cl2O/c1-2-10-5-3-4-6-12(10)15(18)13-9-11(16)7-8-14(13)17/h7-10,12H,2-6H2,1H3. The van der Waals surface area contributed by atoms with Gasteiger partial charge in [0.05, 0.1) is 5.02 Å². The zero-order valence-electron chi connectivity index (χ0n) is 10.6. The highest BCUT2D eigenvalue weighted by molar-refractivity contribution is 6.36. The summed E-state index contributed by atoms with van der Waals surface area (Å²) in [5.74, 6) is 0.801. The second-order valence-corrected chi connectivity index (χ2v) is 5.89. The average Bonchev–Trinajstić information content (AvgIpc) is 2.40. The van der Waals surface area contributed by atoms with Crippen molar-refractivity contribution in [2.75, 3.05) is 0 Å². The number of rotatable bonds is 3. The molecule has 0 spiro atoms. The number of carbonyl (C=O) groups is 1. The highest BCUT2D eigenvalue weighted by atomic mass is 35.5. The maximum atomic E-state index is 12.6. The maximum absolute atomic E-state index is 12.6. The number of benzene rings is 1. The van der Waals surface area contributed by atoms with Crippen LogP contribution in [0.2, 0.25) is 10.0 Å². The SMILES string of the molecule is CCC1CCCCC1C(=O)c1cc(Cl)ccc1Cl. The Morgan fingerprint density at radius 1 is 1.28 bits per heavy atom. The van der Waals surface area contributed by atoms with Crippen molar-refractivity contribution in [1.82, 2.24) is 0 Å². The summed E-state index contributed by atoms with van der Waals surface area (Å²) in [5, 5.41) is 1.09. The Morgan fingerprint density at radius 3 is 2.72 bits per heavy atom. The van der Waals surface area contributed by atoms with E-state index in [1.807, 2.05) is 0 Å². The number of Topliss-reactive ketones (excluding diaryl/α,β-unsaturated/α-hetero) is 1. The van der Waals surface area contributed by atoms with E-state index in [0.717, 1.165) is 25.7 Å². The lowest BCUT2D eigenvalue weighted by Crippen LogP contribution is -2.27. The molecule has 1 saturated carbocycles. The lowest BCUT2D eigenvalue weighted by Gasteiger charge is -2.29. The minimum Gasteiger partial charge on any atom is -0.294 e. The van der Waals surface area contributed by atoms with Gasteiger partial charge in [0.2, 0.25) is 0 Å². The second-order valence-electron chi connectivity index (χ2n) is 5.05. The van der Waals surface area contributed by atoms with Gasteiger partial charge in [-0.05, 0) is 37.0 Å². The Morgan fingerprint density at radius 2 is 2.00 bits per heavy atom. The molecule has 0 aliphatic heterocycles. The number of hydrogen-bond acceptors (Lipinski definition) is 1. The molecular weight excluding hydrogens is 267 g/mol. The summed E-state index contributed by atoms with van der Waals surface area (Å²) in [4.78, 5) is 12.6. The van der Waals surface area contributed by atoms with Crippen LogP contribution in [0.25, 0.3) is 0 Å². The Labute approximate surface area is 118 Å². The minimum atomic E-state index is 0.125. The fourth-order valence-corrected chi connectivity index (χ4v) is 3.31. The molecule has 1 nitrogen and oxygen atoms in total. The molecule has 0 aromatic heterocycles. The van der Waals surface area contributed by atoms with E-state index >= 15 is 0 Å². The van der Waals surface area contributed by atoms with Gasteiger partial charge in [0.1, 0.15) is 0 Å². The van der Waals surface area contributed by atoms with Gasteiger partial charge in [-0.2, -0.15) is 0 Å². The van der Waals surface area contributed by atoms with Crippen molar-refractivity contribution in [1.29, 1.82) is 0 Å². The van der Waals surface area contributed by atoms with Gasteiger partial charge < -0.3 is 0 Å². The zero-order valence-corrected chi connectivity index (χ0v) is 12.1. The molecule has 1 aliphatic rings. The molecule has 3 heteroatoms. The molecule has 1 aromatic carbocycles. The summed E-state index contributed by atoms with van der Waals surface area (Å²) in [6.07, 6.45) is 5.59. The summed E-state index contributed by atoms with van der Waals surface area (Å²) in [6, 6.07) is 5.13. The molecule has 0 amide bonds. The Kier molecular flexibility index (Phi) is 4.69. The van der Waals surface area contributed by atoms with Crippen molar-refractivity contribution in [2.24, 2.45) is 11.8 Å². The van der Waals surface area contributed by atoms with Crippen LogP contribution in [0, 0.1) is 11.8 Å². The van der Waals surface area contributed by atoms with Gasteiger partial charge in [-0.3, -0.25) is 4.79 Å². The van der Waals surface area contributed by atoms with Crippen LogP contribution in [0.3, 0.4) is 0 Å². The lowest BCUT2D eigenvalue weighted by atomic mass is 9.74. The van der Waals surface area contributed by atoms with Gasteiger partial charge in [0, 0.05) is 16.5 Å². The van der Waals surface area contributed by atoms with Gasteiger partial charge >= 0.3 is 0 Å². The van der Waals surface area contributed by atoms with Crippen molar-refractivity contribution >= 4 is 29.0 Å². The molecule has 0 bridgehead atoms. The predicted octanol–water partition coefficient (Wildman–Crippen LogP) is 5.39. The van der Waals surface area contributed by atoms with Crippen LogP contribution < -0.4 is 0 Å². The molecule has 0 N–H and O–H groups in total. The number of carbonyl (C=O) groups excluding carboxylic acids is 1. The highest BCUT2D eigenvalue weighted by Crippen LogP contribution is 2.36. The molecule has 98 valence electrons. The largest absolute Gasteiger partial charge is 0.294 e. The van der Waals surface area contributed by atoms with Crippen LogP contribution in [0.15, 0.2) is 18.2 Å². The first kappa shape index (κ1) is 13.9. The third-order valence-electron chi connectivity index (χ3n) is 3.96. The number of hydrogen-bond donors (Lipinski definition) is 0. The maximum Gasteiger partial charge on any atom is 0.167 e. The molecule has 1 fully saturated rings. The summed E-state index contributed by atoms with van der Waals surface area (Å²) < 4.78 is 0. The molecule has 2 unspecified atom stereocenters. The molecule has 18 heavy (non-hydrogen) atoms. The second kappa shape index (κ2) is 6.08. The van der Waals surface area contributed by atoms with Gasteiger partial charge in [-0.25, -0.2) is 0 Å². The smallest absolute Gasteiger partial charge is 0.167 e. The van der Waals surface area contributed by atoms with Crippen molar-refractivity contribution < 1.29 is 4.79 Å². The van der Waals surface area contributed by atoms with Crippen LogP contribution in [-0.2, 0) is 0 Å². The van der Waals surface area contributed by atoms with E-state index in [4.69, 9.17) is 23.2 Å². The van der Waals surface area contributed by atoms with Crippen LogP contribution in [0.1, 0.15) is 49.4 Å². The minimum absolute atomic E-state index is 0.125. The summed E-state index contributed by atoms with van der Waals surface area (Å²) in [5.41, 5.74) is 0.592. The average molecular weight is 285 g/mol. The van der Waals surface area contributed by atoms with Gasteiger partial charge in [-0.1, -0.05) is 49.4 Å². The quantitative estimate of drug-likeness (QED) is 0.680. The molecule has 0 saturated heterocycles. The molecule has 2 atom stereocenters. The molecular formula is C15H18Cl2O. The van der Waals surface area contributed by atoms with E-state index in [1.54, 1.807) is 18.2 Å². The molecule has 1 aliphatic carbocycles. The monoisotopic (exact) mass is 284 g/mol. The molecule has 1 aromatic rings. The van der Waals surface area contributed by atoms with E-state index in [1.165, 1.54) is 6.42 Å². The highest BCUT2D eigenvalue weighted by Gasteiger charge is 2.31. The summed E-state index contributed by atoms with van der Waals surface area (Å²) in [7, 11) is 0. The predicted molar refractivity (Wildman–Crippen MR) is 76.5 cm³/mol. The third-order valence-corrected chi connectivity index (χ3v) is 4.53. The van der Waals surface area contributed by atoms with E-state index in [2.05, 4.69) is 6.92 Å². The van der Waals surface area contributed by atoms with Crippen LogP contribution in [0.5, 0.6) is 0 Å². The van der Waals surface area contributed by atoms with Crippen LogP contribution >= 0.6 is 23.2 Å². The fourth-order valence-electron chi connectivity index (χ4n) is 2.93. The van der Waals surface area contributed by atoms with Gasteiger partial charge in [0.15, 0.2) is 5.78 Å². The van der Waals surface area contributed by atoms with Crippen molar-refractivity contribution in [2.45, 2.75) is 39.0 Å². The molecule has 0 radical (unpaired) electrons. The van der Waals surface area contributed by atoms with Crippen LogP contribution in [0.4, 0.5) is 0 Å². The Balaban J connectivity index is 2.26. The first-order valence-corrected chi connectivity index (χ1v) is 7.38. The number of halogens is 2. The topological polar surface area (TPSA) is 17.1 Å². The van der Waals surface area contributed by atoms with E-state index in [-0.39, 0.29) is 11.7 Å². The van der Waals surface area contributed by atoms with Gasteiger partial charge in [-0.15, -0.1) is 0 Å². The first-order valence-electron chi connectivity index (χ1n) is 6.62. The number of ketones is 1. The summed E-state index contributed by atoms with van der Waals surface area (Å²) in [6.45, 7) is 2.16. The fraction of sp³-hybridized carbons (Fsp3) is 0.533. The van der Waals surface area contributed by atoms with Crippen molar-refractivity contribution in [3.05, 3.63) is 33.8 Å². The normalized spacial score (nSPS) is 23.9. The molecule has 2 rings (SSSR count). The van der Waals surface area contributed by atoms with Crippen LogP contribution in [-0.4, -0.2) is 5.78 Å².